The van der Waals surface area contributed by atoms with Crippen molar-refractivity contribution in [3.05, 3.63) is 42.5 Å². The number of carbonyl (C=O) groups excluding carboxylic acids is 2. The van der Waals surface area contributed by atoms with Crippen molar-refractivity contribution >= 4 is 11.8 Å². The monoisotopic (exact) mass is 372 g/mol. The minimum absolute atomic E-state index is 0.0252. The largest absolute Gasteiger partial charge is 0.375 e. The molecule has 1 unspecified atom stereocenters. The number of ether oxygens (including phenoxy) is 1. The molecule has 2 amide bonds. The maximum atomic E-state index is 12.8. The number of benzene rings is 1. The Morgan fingerprint density at radius 3 is 2.85 bits per heavy atom. The molecule has 2 aromatic rings. The van der Waals surface area contributed by atoms with Crippen molar-refractivity contribution < 1.29 is 14.3 Å². The van der Waals surface area contributed by atoms with Gasteiger partial charge >= 0.3 is 0 Å². The van der Waals surface area contributed by atoms with Crippen LogP contribution in [-0.4, -0.2) is 82.8 Å². The summed E-state index contributed by atoms with van der Waals surface area (Å²) in [6, 6.07) is 7.12. The SMILES string of the molecule is COCC(=O)N1CCN(C)CC1C(=O)NCc1ccccc1-n1cncn1. The van der Waals surface area contributed by atoms with Crippen LogP contribution in [-0.2, 0) is 20.9 Å². The highest BCUT2D eigenvalue weighted by Crippen LogP contribution is 2.14. The second-order valence-electron chi connectivity index (χ2n) is 6.48. The molecule has 1 aliphatic heterocycles. The number of para-hydroxylation sites is 1. The molecule has 1 aromatic carbocycles. The minimum atomic E-state index is -0.537. The third-order valence-electron chi connectivity index (χ3n) is 4.58. The van der Waals surface area contributed by atoms with Gasteiger partial charge in [0, 0.05) is 33.3 Å². The molecule has 0 bridgehead atoms. The maximum Gasteiger partial charge on any atom is 0.249 e. The van der Waals surface area contributed by atoms with Crippen LogP contribution >= 0.6 is 0 Å². The van der Waals surface area contributed by atoms with Crippen molar-refractivity contribution in [3.63, 3.8) is 0 Å². The van der Waals surface area contributed by atoms with Crippen molar-refractivity contribution in [2.75, 3.05) is 40.4 Å². The highest BCUT2D eigenvalue weighted by Gasteiger charge is 2.33. The van der Waals surface area contributed by atoms with Gasteiger partial charge in [-0.25, -0.2) is 9.67 Å². The van der Waals surface area contributed by atoms with Gasteiger partial charge in [0.05, 0.1) is 5.69 Å². The van der Waals surface area contributed by atoms with E-state index >= 15 is 0 Å². The first-order valence-electron chi connectivity index (χ1n) is 8.77. The summed E-state index contributed by atoms with van der Waals surface area (Å²) in [5, 5.41) is 7.11. The highest BCUT2D eigenvalue weighted by atomic mass is 16.5. The zero-order valence-corrected chi connectivity index (χ0v) is 15.5. The standard InChI is InChI=1S/C18H24N6O3/c1-22-7-8-23(17(25)11-27-2)16(10-22)18(26)20-9-14-5-3-4-6-15(14)24-13-19-12-21-24/h3-6,12-13,16H,7-11H2,1-2H3,(H,20,26). The number of carbonyl (C=O) groups is 2. The Bertz CT molecular complexity index is 779. The molecule has 9 nitrogen and oxygen atoms in total. The summed E-state index contributed by atoms with van der Waals surface area (Å²) >= 11 is 0. The van der Waals surface area contributed by atoms with Crippen LogP contribution in [0.1, 0.15) is 5.56 Å². The first-order valence-corrected chi connectivity index (χ1v) is 8.77. The lowest BCUT2D eigenvalue weighted by Gasteiger charge is -2.39. The quantitative estimate of drug-likeness (QED) is 0.747. The summed E-state index contributed by atoms with van der Waals surface area (Å²) in [4.78, 5) is 32.7. The van der Waals surface area contributed by atoms with Crippen LogP contribution < -0.4 is 5.32 Å². The number of hydrogen-bond acceptors (Lipinski definition) is 6. The summed E-state index contributed by atoms with van der Waals surface area (Å²) in [5.74, 6) is -0.354. The van der Waals surface area contributed by atoms with Gasteiger partial charge in [-0.2, -0.15) is 5.10 Å². The van der Waals surface area contributed by atoms with E-state index in [1.807, 2.05) is 36.2 Å². The van der Waals surface area contributed by atoms with Gasteiger partial charge in [-0.1, -0.05) is 18.2 Å². The third-order valence-corrected chi connectivity index (χ3v) is 4.58. The van der Waals surface area contributed by atoms with Crippen molar-refractivity contribution in [2.45, 2.75) is 12.6 Å². The smallest absolute Gasteiger partial charge is 0.249 e. The molecular weight excluding hydrogens is 348 g/mol. The zero-order chi connectivity index (χ0) is 19.2. The van der Waals surface area contributed by atoms with Gasteiger partial charge in [0.1, 0.15) is 25.3 Å². The molecule has 0 saturated carbocycles. The van der Waals surface area contributed by atoms with E-state index in [0.29, 0.717) is 19.6 Å². The van der Waals surface area contributed by atoms with Crippen molar-refractivity contribution in [3.8, 4) is 5.69 Å². The average molecular weight is 372 g/mol. The second-order valence-corrected chi connectivity index (χ2v) is 6.48. The Kier molecular flexibility index (Phi) is 6.15. The lowest BCUT2D eigenvalue weighted by atomic mass is 10.1. The summed E-state index contributed by atoms with van der Waals surface area (Å²) in [7, 11) is 3.42. The fourth-order valence-electron chi connectivity index (χ4n) is 3.17. The predicted octanol–water partition coefficient (Wildman–Crippen LogP) is -0.327. The number of methoxy groups -OCH3 is 1. The van der Waals surface area contributed by atoms with E-state index in [9.17, 15) is 9.59 Å². The first-order chi connectivity index (χ1) is 13.1. The van der Waals surface area contributed by atoms with E-state index in [1.165, 1.54) is 13.4 Å². The molecule has 1 aliphatic rings. The molecule has 0 aliphatic carbocycles. The number of nitrogens with zero attached hydrogens (tertiary/aromatic N) is 5. The van der Waals surface area contributed by atoms with Crippen LogP contribution in [0.25, 0.3) is 5.69 Å². The second kappa shape index (κ2) is 8.74. The lowest BCUT2D eigenvalue weighted by molar-refractivity contribution is -0.146. The summed E-state index contributed by atoms with van der Waals surface area (Å²) < 4.78 is 6.60. The molecule has 27 heavy (non-hydrogen) atoms. The van der Waals surface area contributed by atoms with Gasteiger partial charge in [-0.3, -0.25) is 9.59 Å². The Hall–Kier alpha value is -2.78. The molecule has 0 spiro atoms. The minimum Gasteiger partial charge on any atom is -0.375 e. The third kappa shape index (κ3) is 4.50. The fourth-order valence-corrected chi connectivity index (χ4v) is 3.17. The first kappa shape index (κ1) is 19.0. The molecule has 1 saturated heterocycles. The maximum absolute atomic E-state index is 12.8. The van der Waals surface area contributed by atoms with Crippen molar-refractivity contribution in [1.29, 1.82) is 0 Å². The number of piperazine rings is 1. The predicted molar refractivity (Wildman–Crippen MR) is 98.1 cm³/mol. The topological polar surface area (TPSA) is 92.6 Å². The van der Waals surface area contributed by atoms with Crippen LogP contribution in [0.15, 0.2) is 36.9 Å². The van der Waals surface area contributed by atoms with Gasteiger partial charge in [-0.05, 0) is 18.7 Å². The van der Waals surface area contributed by atoms with Gasteiger partial charge in [0.15, 0.2) is 0 Å². The van der Waals surface area contributed by atoms with E-state index in [4.69, 9.17) is 4.74 Å². The molecule has 1 aromatic heterocycles. The number of amides is 2. The van der Waals surface area contributed by atoms with E-state index in [2.05, 4.69) is 15.4 Å². The molecule has 0 radical (unpaired) electrons. The van der Waals surface area contributed by atoms with Crippen LogP contribution in [0, 0.1) is 0 Å². The van der Waals surface area contributed by atoms with Gasteiger partial charge < -0.3 is 19.9 Å². The Morgan fingerprint density at radius 2 is 2.11 bits per heavy atom. The summed E-state index contributed by atoms with van der Waals surface area (Å²) in [5.41, 5.74) is 1.76. The number of rotatable bonds is 6. The normalized spacial score (nSPS) is 17.7. The summed E-state index contributed by atoms with van der Waals surface area (Å²) in [6.07, 6.45) is 3.08. The molecule has 1 atom stereocenters. The van der Waals surface area contributed by atoms with Crippen molar-refractivity contribution in [2.24, 2.45) is 0 Å². The Labute approximate surface area is 157 Å². The van der Waals surface area contributed by atoms with E-state index in [1.54, 1.807) is 15.9 Å². The molecule has 1 N–H and O–H groups in total. The van der Waals surface area contributed by atoms with Crippen LogP contribution in [0.5, 0.6) is 0 Å². The van der Waals surface area contributed by atoms with Crippen LogP contribution in [0.4, 0.5) is 0 Å². The van der Waals surface area contributed by atoms with Crippen molar-refractivity contribution in [1.82, 2.24) is 29.9 Å². The lowest BCUT2D eigenvalue weighted by Crippen LogP contribution is -2.60. The number of hydrogen-bond donors (Lipinski definition) is 1. The molecule has 1 fully saturated rings. The van der Waals surface area contributed by atoms with Gasteiger partial charge in [0.2, 0.25) is 11.8 Å². The van der Waals surface area contributed by atoms with E-state index in [-0.39, 0.29) is 18.4 Å². The molecular formula is C18H24N6O3. The number of aromatic nitrogens is 3. The molecule has 3 rings (SSSR count). The van der Waals surface area contributed by atoms with Gasteiger partial charge in [0.25, 0.3) is 0 Å². The fraction of sp³-hybridized carbons (Fsp3) is 0.444. The zero-order valence-electron chi connectivity index (χ0n) is 15.5. The molecule has 9 heteroatoms. The van der Waals surface area contributed by atoms with Crippen LogP contribution in [0.2, 0.25) is 0 Å². The van der Waals surface area contributed by atoms with Crippen LogP contribution in [0.3, 0.4) is 0 Å². The highest BCUT2D eigenvalue weighted by molar-refractivity contribution is 5.88. The Morgan fingerprint density at radius 1 is 1.30 bits per heavy atom. The summed E-state index contributed by atoms with van der Waals surface area (Å²) in [6.45, 7) is 2.04. The van der Waals surface area contributed by atoms with Gasteiger partial charge in [-0.15, -0.1) is 0 Å². The number of likely N-dealkylation sites (N-methyl/N-ethyl adjacent to an activating group) is 1. The average Bonchev–Trinajstić information content (AvgIpc) is 3.21. The number of nitrogens with one attached hydrogen (secondary N) is 1. The van der Waals surface area contributed by atoms with E-state index in [0.717, 1.165) is 17.8 Å². The van der Waals surface area contributed by atoms with E-state index < -0.39 is 6.04 Å². The molecule has 2 heterocycles. The molecule has 144 valence electrons. The Balaban J connectivity index is 1.70.